The van der Waals surface area contributed by atoms with Gasteiger partial charge in [0, 0.05) is 134 Å². The van der Waals surface area contributed by atoms with Gasteiger partial charge in [0.2, 0.25) is 11.8 Å². The van der Waals surface area contributed by atoms with Gasteiger partial charge in [-0.25, -0.2) is 24.0 Å². The molecule has 0 aliphatic carbocycles. The number of oxazole rings is 3. The van der Waals surface area contributed by atoms with Gasteiger partial charge in [0.1, 0.15) is 0 Å². The molecule has 16 aromatic rings. The highest BCUT2D eigenvalue weighted by molar-refractivity contribution is 7.16. The summed E-state index contributed by atoms with van der Waals surface area (Å²) in [6.45, 7) is 47.0. The van der Waals surface area contributed by atoms with Gasteiger partial charge in [-0.2, -0.15) is 0 Å². The summed E-state index contributed by atoms with van der Waals surface area (Å²) in [4.78, 5) is 106. The SMILES string of the molecule is CC(C)N1C(=O)CCc2ccccc21.CC(C)N1C(=O)NCc2ccccc21.CC(C)N1CCCc2ccccc21.CC(C)N1CCc2ccccc2C1.CC(C)N1Cc2ccccc2CC1=O.CC(C)N1Cc2ccccc2NC1=O.CC(C)n1c(=O)oc2c3ccccc3ccc21.CC(C)n1c(=O)oc2ccc3ccccc3c21.CC(C)n1c(=O)oc2ccccc21.CC(C)n1c(=O)sc2ccccc21. The van der Waals surface area contributed by atoms with E-state index in [2.05, 4.69) is 136 Å². The number of thiazole rings is 1. The third kappa shape index (κ3) is 25.2. The van der Waals surface area contributed by atoms with Crippen molar-refractivity contribution in [3.63, 3.8) is 0 Å². The largest absolute Gasteiger partial charge is 0.420 e. The smallest absolute Gasteiger partial charge is 0.408 e. The average molecular weight is 1930 g/mol. The van der Waals surface area contributed by atoms with E-state index in [0.717, 1.165) is 84.9 Å². The van der Waals surface area contributed by atoms with Crippen molar-refractivity contribution in [3.05, 3.63) is 353 Å². The number of nitrogens with zero attached hydrogens (tertiary/aromatic N) is 10. The van der Waals surface area contributed by atoms with E-state index < -0.39 is 0 Å². The molecule has 0 bridgehead atoms. The molecule has 0 unspecified atom stereocenters. The number of aromatic nitrogens is 4. The van der Waals surface area contributed by atoms with Crippen molar-refractivity contribution in [2.75, 3.05) is 33.1 Å². The lowest BCUT2D eigenvalue weighted by atomic mass is 9.98. The summed E-state index contributed by atoms with van der Waals surface area (Å²) in [6, 6.07) is 91.8. The number of amides is 6. The summed E-state index contributed by atoms with van der Waals surface area (Å²) < 4.78 is 23.7. The van der Waals surface area contributed by atoms with E-state index in [0.29, 0.717) is 60.8 Å². The first kappa shape index (κ1) is 105. The molecule has 6 aliphatic heterocycles. The Morgan fingerprint density at radius 3 is 1.39 bits per heavy atom. The predicted molar refractivity (Wildman–Crippen MR) is 583 cm³/mol. The van der Waals surface area contributed by atoms with Crippen molar-refractivity contribution >= 4 is 123 Å². The number of aryl methyl sites for hydroxylation is 2. The molecule has 4 aromatic heterocycles. The number of para-hydroxylation sites is 7. The van der Waals surface area contributed by atoms with Crippen LogP contribution < -0.4 is 47.5 Å². The second-order valence-corrected chi connectivity index (χ2v) is 40.2. The van der Waals surface area contributed by atoms with E-state index in [1.165, 1.54) is 88.3 Å². The lowest BCUT2D eigenvalue weighted by Gasteiger charge is -2.34. The van der Waals surface area contributed by atoms with Crippen LogP contribution in [0.4, 0.5) is 32.3 Å². The number of fused-ring (bicyclic) bond motifs is 14. The molecule has 6 aliphatic rings. The number of anilines is 4. The quantitative estimate of drug-likeness (QED) is 0.130. The molecule has 22 rings (SSSR count). The third-order valence-electron chi connectivity index (χ3n) is 26.1. The lowest BCUT2D eigenvalue weighted by molar-refractivity contribution is -0.133. The molecule has 142 heavy (non-hydrogen) atoms. The molecule has 0 saturated heterocycles. The molecule has 10 heterocycles. The van der Waals surface area contributed by atoms with E-state index in [9.17, 15) is 38.4 Å². The Morgan fingerprint density at radius 2 is 0.775 bits per heavy atom. The van der Waals surface area contributed by atoms with Gasteiger partial charge < -0.3 is 43.5 Å². The maximum Gasteiger partial charge on any atom is 0.420 e. The van der Waals surface area contributed by atoms with Crippen molar-refractivity contribution in [1.29, 1.82) is 0 Å². The number of hydrogen-bond acceptors (Lipinski definition) is 14. The van der Waals surface area contributed by atoms with Crippen molar-refractivity contribution in [2.24, 2.45) is 0 Å². The van der Waals surface area contributed by atoms with Crippen molar-refractivity contribution in [2.45, 2.75) is 264 Å². The fraction of sp³-hybridized carbons (Fsp3) is 0.356. The normalized spacial score (nSPS) is 14.1. The number of carbonyl (C=O) groups is 4. The number of carbonyl (C=O) groups excluding carboxylic acids is 4. The van der Waals surface area contributed by atoms with Crippen LogP contribution >= 0.6 is 11.3 Å². The molecule has 6 amide bonds. The van der Waals surface area contributed by atoms with E-state index >= 15 is 0 Å². The van der Waals surface area contributed by atoms with Crippen LogP contribution in [-0.2, 0) is 61.5 Å². The first-order valence-corrected chi connectivity index (χ1v) is 50.9. The first-order valence-electron chi connectivity index (χ1n) is 50.1. The summed E-state index contributed by atoms with van der Waals surface area (Å²) in [5, 5.41) is 9.99. The Morgan fingerprint density at radius 1 is 0.303 bits per heavy atom. The van der Waals surface area contributed by atoms with Crippen LogP contribution in [0.2, 0.25) is 0 Å². The zero-order valence-corrected chi connectivity index (χ0v) is 86.8. The van der Waals surface area contributed by atoms with Gasteiger partial charge in [-0.05, 0) is 280 Å². The highest BCUT2D eigenvalue weighted by Gasteiger charge is 2.30. The molecule has 0 spiro atoms. The van der Waals surface area contributed by atoms with E-state index in [1.54, 1.807) is 30.2 Å². The van der Waals surface area contributed by atoms with E-state index in [4.69, 9.17) is 13.3 Å². The molecule has 0 radical (unpaired) electrons. The van der Waals surface area contributed by atoms with Gasteiger partial charge in [0.25, 0.3) is 0 Å². The Labute approximate surface area is 838 Å². The van der Waals surface area contributed by atoms with E-state index in [1.807, 2.05) is 303 Å². The van der Waals surface area contributed by atoms with Crippen LogP contribution in [0.3, 0.4) is 0 Å². The fourth-order valence-electron chi connectivity index (χ4n) is 18.8. The minimum absolute atomic E-state index is 0.00120. The molecule has 12 aromatic carbocycles. The zero-order valence-electron chi connectivity index (χ0n) is 86.0. The minimum atomic E-state index is -0.286. The van der Waals surface area contributed by atoms with Crippen LogP contribution in [0.25, 0.3) is 65.1 Å². The summed E-state index contributed by atoms with van der Waals surface area (Å²) in [7, 11) is 0. The van der Waals surface area contributed by atoms with Gasteiger partial charge in [-0.3, -0.25) is 42.5 Å². The monoisotopic (exact) mass is 1930 g/mol. The van der Waals surface area contributed by atoms with Crippen molar-refractivity contribution < 1.29 is 32.4 Å². The number of hydrogen-bond donors (Lipinski definition) is 2. The van der Waals surface area contributed by atoms with E-state index in [-0.39, 0.29) is 88.3 Å². The number of rotatable bonds is 10. The van der Waals surface area contributed by atoms with Gasteiger partial charge in [-0.1, -0.05) is 218 Å². The Bertz CT molecular complexity index is 7040. The van der Waals surface area contributed by atoms with Crippen LogP contribution in [0.5, 0.6) is 0 Å². The van der Waals surface area contributed by atoms with Gasteiger partial charge in [0.05, 0.1) is 38.9 Å². The zero-order chi connectivity index (χ0) is 102. The summed E-state index contributed by atoms with van der Waals surface area (Å²) in [5.74, 6) is -0.355. The molecule has 0 fully saturated rings. The molecular weight excluding hydrogens is 1790 g/mol. The maximum atomic E-state index is 11.8. The molecule has 0 atom stereocenters. The molecule has 24 heteroatoms. The van der Waals surface area contributed by atoms with Crippen LogP contribution in [0.15, 0.2) is 299 Å². The van der Waals surface area contributed by atoms with Crippen molar-refractivity contribution in [3.8, 4) is 0 Å². The Balaban J connectivity index is 0.000000133. The first-order chi connectivity index (χ1) is 68.1. The Kier molecular flexibility index (Phi) is 35.9. The van der Waals surface area contributed by atoms with Gasteiger partial charge in [-0.15, -0.1) is 0 Å². The number of urea groups is 2. The molecule has 2 N–H and O–H groups in total. The average Bonchev–Trinajstić information content (AvgIpc) is 1.61. The van der Waals surface area contributed by atoms with Crippen molar-refractivity contribution in [1.82, 2.24) is 38.3 Å². The van der Waals surface area contributed by atoms with Gasteiger partial charge >= 0.3 is 34.2 Å². The highest BCUT2D eigenvalue weighted by Crippen LogP contribution is 2.35. The predicted octanol–water partition coefficient (Wildman–Crippen LogP) is 25.7. The standard InChI is InChI=1S/2C14H13NO2.2C12H15NO.2C12H17N.2C11H14N2O.C10H11NO2.C10H11NOS/c1-9(2)15-13-11-6-4-3-5-10(11)7-8-12(13)17-14(15)16;1-9(2)15-12-8-7-10-5-3-4-6-11(10)13(12)17-14(15)16;1-9(2)13-8-11-6-4-3-5-10(11)7-12(13)14;1-9(2)13-11-6-4-3-5-10(11)7-8-12(13)14;1-10(2)13-9-5-7-11-6-3-4-8-12(11)13;1-10(2)13-8-7-11-5-3-4-6-12(11)9-13;1-8(2)13-7-9-5-3-4-6-10(9)12-11(13)14;1-8(2)13-10-6-4-3-5-9(10)7-12-11(13)14;2*1-7(2)11-8-5-3-4-6-9(8)13-10(11)12/h2*3-9H,1-2H3;2*3-6,9H,7-8H2,1-2H3;3-4,6,8,10H,5,7,9H2,1-2H3;3-6,10H,7-9H2,1-2H3;2*3-6,8H,7H2,1-2H3,(H,12,14);2*3-7H,1-2H3. The second-order valence-electron chi connectivity index (χ2n) is 39.2. The third-order valence-corrected chi connectivity index (χ3v) is 27.0. The molecular formula is C118H140N12O11S. The van der Waals surface area contributed by atoms with Gasteiger partial charge in [0.15, 0.2) is 16.7 Å². The number of nitrogens with one attached hydrogen (secondary N) is 2. The summed E-state index contributed by atoms with van der Waals surface area (Å²) in [5.41, 5.74) is 20.9. The maximum absolute atomic E-state index is 11.8. The van der Waals surface area contributed by atoms with Crippen LogP contribution in [-0.4, -0.2) is 106 Å². The summed E-state index contributed by atoms with van der Waals surface area (Å²) >= 11 is 1.31. The summed E-state index contributed by atoms with van der Waals surface area (Å²) in [6.07, 6.45) is 5.87. The fourth-order valence-corrected chi connectivity index (χ4v) is 19.9. The second kappa shape index (κ2) is 48.4. The topological polar surface area (TPSA) is 239 Å². The lowest BCUT2D eigenvalue weighted by Crippen LogP contribution is -2.47. The number of benzene rings is 12. The molecule has 744 valence electrons. The van der Waals surface area contributed by atoms with Crippen LogP contribution in [0, 0.1) is 0 Å². The minimum Gasteiger partial charge on any atom is -0.408 e. The highest BCUT2D eigenvalue weighted by atomic mass is 32.1. The molecule has 0 saturated carbocycles. The molecule has 23 nitrogen and oxygen atoms in total. The van der Waals surface area contributed by atoms with Crippen LogP contribution in [0.1, 0.15) is 220 Å². The Hall–Kier alpha value is -14.1.